The molecular weight excluding hydrogens is 436 g/mol. The van der Waals surface area contributed by atoms with E-state index >= 15 is 0 Å². The van der Waals surface area contributed by atoms with Gasteiger partial charge in [0.05, 0.1) is 21.5 Å². The number of nitro benzene ring substituents is 2. The molecule has 0 fully saturated rings. The van der Waals surface area contributed by atoms with E-state index in [0.29, 0.717) is 22.3 Å². The fraction of sp³-hybridized carbons (Fsp3) is 0.136. The monoisotopic (exact) mass is 452 g/mol. The minimum Gasteiger partial charge on any atom is -0.507 e. The van der Waals surface area contributed by atoms with Crippen LogP contribution in [0.25, 0.3) is 22.5 Å². The fourth-order valence-electron chi connectivity index (χ4n) is 3.30. The van der Waals surface area contributed by atoms with Crippen LogP contribution in [-0.4, -0.2) is 15.0 Å². The number of hydrogen-bond acceptors (Lipinski definition) is 9. The van der Waals surface area contributed by atoms with Crippen molar-refractivity contribution in [1.29, 1.82) is 0 Å². The van der Waals surface area contributed by atoms with Gasteiger partial charge in [-0.25, -0.2) is 4.79 Å². The maximum absolute atomic E-state index is 11.9. The number of non-ortho nitro benzene ring substituents is 2. The molecule has 1 N–H and O–H groups in total. The standard InChI is InChI=1S/C22H16N2O9/c1-11-20(25)12(2)22(26)33-21(11)19-7-14-3-4-17(9-18(14)32-19)31-10-13-5-15(23(27)28)8-16(6-13)24(29)30/h3-9,25H,10H2,1-2H3. The van der Waals surface area contributed by atoms with Crippen LogP contribution in [0.15, 0.2) is 56.1 Å². The van der Waals surface area contributed by atoms with Gasteiger partial charge in [-0.05, 0) is 32.0 Å². The SMILES string of the molecule is Cc1c(-c2cc3ccc(OCc4cc([N+](=O)[O-])cc([N+](=O)[O-])c4)cc3o2)oc(=O)c(C)c1O. The van der Waals surface area contributed by atoms with Crippen LogP contribution in [0.1, 0.15) is 16.7 Å². The number of benzene rings is 2. The van der Waals surface area contributed by atoms with Crippen molar-refractivity contribution in [3.05, 3.63) is 89.8 Å². The Morgan fingerprint density at radius 2 is 1.61 bits per heavy atom. The van der Waals surface area contributed by atoms with E-state index in [1.54, 1.807) is 31.2 Å². The Hall–Kier alpha value is -4.67. The Morgan fingerprint density at radius 1 is 0.939 bits per heavy atom. The molecule has 0 aliphatic carbocycles. The van der Waals surface area contributed by atoms with Gasteiger partial charge >= 0.3 is 5.63 Å². The van der Waals surface area contributed by atoms with Crippen LogP contribution >= 0.6 is 0 Å². The van der Waals surface area contributed by atoms with E-state index in [1.165, 1.54) is 19.1 Å². The summed E-state index contributed by atoms with van der Waals surface area (Å²) in [4.78, 5) is 32.6. The van der Waals surface area contributed by atoms with Gasteiger partial charge in [-0.2, -0.15) is 0 Å². The van der Waals surface area contributed by atoms with Crippen LogP contribution in [0.3, 0.4) is 0 Å². The average Bonchev–Trinajstić information content (AvgIpc) is 3.21. The van der Waals surface area contributed by atoms with Crippen molar-refractivity contribution in [1.82, 2.24) is 0 Å². The van der Waals surface area contributed by atoms with Gasteiger partial charge in [-0.3, -0.25) is 20.2 Å². The van der Waals surface area contributed by atoms with Crippen LogP contribution in [0, 0.1) is 34.1 Å². The van der Waals surface area contributed by atoms with Crippen molar-refractivity contribution < 1.29 is 28.5 Å². The molecule has 0 aliphatic heterocycles. The van der Waals surface area contributed by atoms with Gasteiger partial charge in [-0.15, -0.1) is 0 Å². The number of furan rings is 1. The lowest BCUT2D eigenvalue weighted by Gasteiger charge is -2.06. The fourth-order valence-corrected chi connectivity index (χ4v) is 3.30. The van der Waals surface area contributed by atoms with Crippen molar-refractivity contribution >= 4 is 22.3 Å². The molecule has 168 valence electrons. The molecule has 2 aromatic heterocycles. The first-order valence-electron chi connectivity index (χ1n) is 9.57. The summed E-state index contributed by atoms with van der Waals surface area (Å²) in [7, 11) is 0. The topological polar surface area (TPSA) is 159 Å². The molecule has 0 unspecified atom stereocenters. The number of fused-ring (bicyclic) bond motifs is 1. The van der Waals surface area contributed by atoms with Crippen molar-refractivity contribution in [2.24, 2.45) is 0 Å². The first-order valence-corrected chi connectivity index (χ1v) is 9.57. The molecule has 0 atom stereocenters. The molecule has 0 bridgehead atoms. The molecule has 2 aromatic carbocycles. The Labute approximate surface area is 184 Å². The van der Waals surface area contributed by atoms with E-state index in [0.717, 1.165) is 6.07 Å². The summed E-state index contributed by atoms with van der Waals surface area (Å²) < 4.78 is 16.7. The second kappa shape index (κ2) is 8.11. The van der Waals surface area contributed by atoms with E-state index in [9.17, 15) is 30.1 Å². The quantitative estimate of drug-likeness (QED) is 0.321. The zero-order valence-corrected chi connectivity index (χ0v) is 17.4. The molecule has 0 radical (unpaired) electrons. The molecule has 0 aliphatic rings. The van der Waals surface area contributed by atoms with Crippen molar-refractivity contribution in [3.8, 4) is 23.0 Å². The van der Waals surface area contributed by atoms with Crippen molar-refractivity contribution in [2.45, 2.75) is 20.5 Å². The van der Waals surface area contributed by atoms with Gasteiger partial charge < -0.3 is 18.7 Å². The number of ether oxygens (including phenoxy) is 1. The first-order chi connectivity index (χ1) is 15.6. The van der Waals surface area contributed by atoms with Gasteiger partial charge in [0.2, 0.25) is 0 Å². The molecular formula is C22H16N2O9. The Bertz CT molecular complexity index is 1450. The first kappa shape index (κ1) is 21.6. The maximum Gasteiger partial charge on any atom is 0.343 e. The van der Waals surface area contributed by atoms with Gasteiger partial charge in [0.15, 0.2) is 11.5 Å². The molecule has 33 heavy (non-hydrogen) atoms. The smallest absolute Gasteiger partial charge is 0.343 e. The molecule has 0 spiro atoms. The van der Waals surface area contributed by atoms with Gasteiger partial charge in [0.25, 0.3) is 11.4 Å². The lowest BCUT2D eigenvalue weighted by atomic mass is 10.1. The highest BCUT2D eigenvalue weighted by Gasteiger charge is 2.19. The summed E-state index contributed by atoms with van der Waals surface area (Å²) >= 11 is 0. The highest BCUT2D eigenvalue weighted by molar-refractivity contribution is 5.83. The third-order valence-electron chi connectivity index (χ3n) is 5.06. The molecule has 11 nitrogen and oxygen atoms in total. The summed E-state index contributed by atoms with van der Waals surface area (Å²) in [5.41, 5.74) is -0.388. The molecule has 0 saturated heterocycles. The highest BCUT2D eigenvalue weighted by atomic mass is 16.6. The van der Waals surface area contributed by atoms with E-state index in [-0.39, 0.29) is 35.0 Å². The van der Waals surface area contributed by atoms with Crippen LogP contribution in [0.2, 0.25) is 0 Å². The summed E-state index contributed by atoms with van der Waals surface area (Å²) in [6.07, 6.45) is 0. The summed E-state index contributed by atoms with van der Waals surface area (Å²) in [6, 6.07) is 9.80. The molecule has 11 heteroatoms. The van der Waals surface area contributed by atoms with E-state index in [2.05, 4.69) is 0 Å². The Balaban J connectivity index is 1.63. The highest BCUT2D eigenvalue weighted by Crippen LogP contribution is 2.35. The molecule has 2 heterocycles. The summed E-state index contributed by atoms with van der Waals surface area (Å²) in [6.45, 7) is 2.90. The largest absolute Gasteiger partial charge is 0.507 e. The summed E-state index contributed by atoms with van der Waals surface area (Å²) in [5.74, 6) is 0.520. The molecule has 0 amide bonds. The zero-order valence-electron chi connectivity index (χ0n) is 17.4. The Morgan fingerprint density at radius 3 is 2.24 bits per heavy atom. The third kappa shape index (κ3) is 4.11. The van der Waals surface area contributed by atoms with Crippen LogP contribution in [0.5, 0.6) is 11.5 Å². The van der Waals surface area contributed by atoms with E-state index in [1.807, 2.05) is 0 Å². The van der Waals surface area contributed by atoms with Gasteiger partial charge in [0, 0.05) is 34.7 Å². The maximum atomic E-state index is 11.9. The minimum absolute atomic E-state index is 0.101. The summed E-state index contributed by atoms with van der Waals surface area (Å²) in [5, 5.41) is 32.9. The van der Waals surface area contributed by atoms with Crippen LogP contribution in [0.4, 0.5) is 11.4 Å². The third-order valence-corrected chi connectivity index (χ3v) is 5.06. The lowest BCUT2D eigenvalue weighted by Crippen LogP contribution is -2.05. The van der Waals surface area contributed by atoms with E-state index < -0.39 is 26.8 Å². The second-order valence-corrected chi connectivity index (χ2v) is 7.29. The predicted octanol–water partition coefficient (Wildman–Crippen LogP) is 4.77. The van der Waals surface area contributed by atoms with Gasteiger partial charge in [-0.1, -0.05) is 0 Å². The number of rotatable bonds is 6. The predicted molar refractivity (Wildman–Crippen MR) is 115 cm³/mol. The van der Waals surface area contributed by atoms with Crippen molar-refractivity contribution in [3.63, 3.8) is 0 Å². The number of hydrogen-bond donors (Lipinski definition) is 1. The van der Waals surface area contributed by atoms with E-state index in [4.69, 9.17) is 13.6 Å². The Kier molecular flexibility index (Phi) is 5.30. The lowest BCUT2D eigenvalue weighted by molar-refractivity contribution is -0.394. The number of nitrogens with zero attached hydrogens (tertiary/aromatic N) is 2. The minimum atomic E-state index is -0.712. The van der Waals surface area contributed by atoms with Crippen LogP contribution in [-0.2, 0) is 6.61 Å². The normalized spacial score (nSPS) is 11.0. The van der Waals surface area contributed by atoms with Crippen LogP contribution < -0.4 is 10.4 Å². The number of nitro groups is 2. The molecule has 0 saturated carbocycles. The zero-order chi connectivity index (χ0) is 23.9. The number of aromatic hydroxyl groups is 1. The molecule has 4 rings (SSSR count). The van der Waals surface area contributed by atoms with Gasteiger partial charge in [0.1, 0.15) is 23.7 Å². The average molecular weight is 452 g/mol. The van der Waals surface area contributed by atoms with Crippen molar-refractivity contribution in [2.75, 3.05) is 0 Å². The molecule has 4 aromatic rings. The second-order valence-electron chi connectivity index (χ2n) is 7.29.